The smallest absolute Gasteiger partial charge is 0.0570 e. The van der Waals surface area contributed by atoms with Crippen LogP contribution in [0.15, 0.2) is 24.4 Å². The Morgan fingerprint density at radius 2 is 2.00 bits per heavy atom. The maximum atomic E-state index is 4.27. The lowest BCUT2D eigenvalue weighted by molar-refractivity contribution is 0.579. The molecule has 15 heavy (non-hydrogen) atoms. The van der Waals surface area contributed by atoms with E-state index in [0.29, 0.717) is 0 Å². The highest BCUT2D eigenvalue weighted by molar-refractivity contribution is 7.13. The summed E-state index contributed by atoms with van der Waals surface area (Å²) >= 11 is 1.59. The first kappa shape index (κ1) is 9.16. The molecule has 1 fully saturated rings. The third-order valence-electron chi connectivity index (χ3n) is 3.07. The van der Waals surface area contributed by atoms with Crippen molar-refractivity contribution in [3.05, 3.63) is 24.4 Å². The Bertz CT molecular complexity index is 457. The van der Waals surface area contributed by atoms with Crippen molar-refractivity contribution < 1.29 is 0 Å². The van der Waals surface area contributed by atoms with E-state index in [9.17, 15) is 0 Å². The van der Waals surface area contributed by atoms with E-state index in [4.69, 9.17) is 0 Å². The van der Waals surface area contributed by atoms with Gasteiger partial charge >= 0.3 is 0 Å². The van der Waals surface area contributed by atoms with Gasteiger partial charge in [-0.1, -0.05) is 6.07 Å². The first-order valence-electron chi connectivity index (χ1n) is 5.53. The SMILES string of the molecule is c1cc(N2CCCCC2)c2cnsc2c1. The molecule has 2 nitrogen and oxygen atoms in total. The number of benzene rings is 1. The number of piperidine rings is 1. The third-order valence-corrected chi connectivity index (χ3v) is 3.84. The molecule has 1 aromatic carbocycles. The summed E-state index contributed by atoms with van der Waals surface area (Å²) in [6.45, 7) is 2.41. The van der Waals surface area contributed by atoms with Crippen LogP contribution in [0.4, 0.5) is 5.69 Å². The maximum Gasteiger partial charge on any atom is 0.0570 e. The fourth-order valence-electron chi connectivity index (χ4n) is 2.29. The zero-order valence-electron chi connectivity index (χ0n) is 8.65. The third kappa shape index (κ3) is 1.61. The van der Waals surface area contributed by atoms with Crippen molar-refractivity contribution in [2.75, 3.05) is 18.0 Å². The number of anilines is 1. The van der Waals surface area contributed by atoms with Crippen molar-refractivity contribution in [1.29, 1.82) is 0 Å². The molecular formula is C12H14N2S. The zero-order valence-corrected chi connectivity index (χ0v) is 9.46. The van der Waals surface area contributed by atoms with Crippen molar-refractivity contribution in [2.24, 2.45) is 0 Å². The van der Waals surface area contributed by atoms with Gasteiger partial charge in [0.25, 0.3) is 0 Å². The standard InChI is InChI=1S/C12H14N2S/c1-2-7-14(8-3-1)11-5-4-6-12-10(11)9-13-15-12/h4-6,9H,1-3,7-8H2. The van der Waals surface area contributed by atoms with Crippen molar-refractivity contribution in [2.45, 2.75) is 19.3 Å². The Morgan fingerprint density at radius 3 is 2.87 bits per heavy atom. The average molecular weight is 218 g/mol. The number of nitrogens with zero attached hydrogens (tertiary/aromatic N) is 2. The zero-order chi connectivity index (χ0) is 10.1. The van der Waals surface area contributed by atoms with Gasteiger partial charge in [0, 0.05) is 24.2 Å². The lowest BCUT2D eigenvalue weighted by Crippen LogP contribution is -2.29. The van der Waals surface area contributed by atoms with Crippen LogP contribution in [0, 0.1) is 0 Å². The summed E-state index contributed by atoms with van der Waals surface area (Å²) < 4.78 is 5.58. The number of hydrogen-bond acceptors (Lipinski definition) is 3. The molecule has 2 heterocycles. The Balaban J connectivity index is 2.05. The molecule has 0 saturated carbocycles. The molecule has 3 heteroatoms. The fourth-order valence-corrected chi connectivity index (χ4v) is 2.95. The number of aromatic nitrogens is 1. The second-order valence-electron chi connectivity index (χ2n) is 4.06. The summed E-state index contributed by atoms with van der Waals surface area (Å²) in [6.07, 6.45) is 6.04. The molecule has 0 radical (unpaired) electrons. The van der Waals surface area contributed by atoms with Gasteiger partial charge in [-0.15, -0.1) is 0 Å². The number of rotatable bonds is 1. The Hall–Kier alpha value is -1.09. The first-order valence-corrected chi connectivity index (χ1v) is 6.31. The summed E-state index contributed by atoms with van der Waals surface area (Å²) in [5, 5.41) is 1.32. The molecule has 1 aliphatic heterocycles. The van der Waals surface area contributed by atoms with E-state index in [-0.39, 0.29) is 0 Å². The van der Waals surface area contributed by atoms with Gasteiger partial charge in [0.05, 0.1) is 10.9 Å². The molecule has 0 amide bonds. The second kappa shape index (κ2) is 3.81. The molecule has 0 N–H and O–H groups in total. The highest BCUT2D eigenvalue weighted by atomic mass is 32.1. The molecule has 1 aromatic heterocycles. The van der Waals surface area contributed by atoms with Crippen molar-refractivity contribution >= 4 is 27.3 Å². The molecule has 0 unspecified atom stereocenters. The van der Waals surface area contributed by atoms with Crippen LogP contribution in [0.2, 0.25) is 0 Å². The van der Waals surface area contributed by atoms with Gasteiger partial charge in [0.2, 0.25) is 0 Å². The lowest BCUT2D eigenvalue weighted by atomic mass is 10.1. The molecule has 2 aromatic rings. The van der Waals surface area contributed by atoms with Crippen molar-refractivity contribution in [1.82, 2.24) is 4.37 Å². The van der Waals surface area contributed by atoms with Crippen LogP contribution in [0.25, 0.3) is 10.1 Å². The van der Waals surface area contributed by atoms with E-state index >= 15 is 0 Å². The van der Waals surface area contributed by atoms with Gasteiger partial charge in [0.15, 0.2) is 0 Å². The molecule has 1 saturated heterocycles. The Morgan fingerprint density at radius 1 is 1.13 bits per heavy atom. The van der Waals surface area contributed by atoms with E-state index in [0.717, 1.165) is 0 Å². The van der Waals surface area contributed by atoms with Crippen LogP contribution in [0.3, 0.4) is 0 Å². The highest BCUT2D eigenvalue weighted by Gasteiger charge is 2.13. The molecule has 3 rings (SSSR count). The van der Waals surface area contributed by atoms with Crippen LogP contribution < -0.4 is 4.90 Å². The molecule has 0 atom stereocenters. The summed E-state index contributed by atoms with van der Waals surface area (Å²) in [5.74, 6) is 0. The average Bonchev–Trinajstić information content (AvgIpc) is 2.78. The summed E-state index contributed by atoms with van der Waals surface area (Å²) in [6, 6.07) is 6.52. The molecule has 0 bridgehead atoms. The van der Waals surface area contributed by atoms with Crippen molar-refractivity contribution in [3.8, 4) is 0 Å². The van der Waals surface area contributed by atoms with Gasteiger partial charge in [-0.05, 0) is 42.9 Å². The van der Waals surface area contributed by atoms with Gasteiger partial charge < -0.3 is 4.90 Å². The first-order chi connectivity index (χ1) is 7.45. The summed E-state index contributed by atoms with van der Waals surface area (Å²) in [7, 11) is 0. The minimum Gasteiger partial charge on any atom is -0.371 e. The second-order valence-corrected chi connectivity index (χ2v) is 4.90. The van der Waals surface area contributed by atoms with Crippen LogP contribution in [-0.2, 0) is 0 Å². The summed E-state index contributed by atoms with van der Waals surface area (Å²) in [4.78, 5) is 2.50. The molecule has 1 aliphatic rings. The fraction of sp³-hybridized carbons (Fsp3) is 0.417. The van der Waals surface area contributed by atoms with Crippen molar-refractivity contribution in [3.63, 3.8) is 0 Å². The van der Waals surface area contributed by atoms with E-state index in [1.165, 1.54) is 48.1 Å². The Kier molecular flexibility index (Phi) is 2.33. The summed E-state index contributed by atoms with van der Waals surface area (Å²) in [5.41, 5.74) is 1.38. The van der Waals surface area contributed by atoms with Gasteiger partial charge in [-0.3, -0.25) is 0 Å². The van der Waals surface area contributed by atoms with Gasteiger partial charge in [-0.25, -0.2) is 0 Å². The maximum absolute atomic E-state index is 4.27. The van der Waals surface area contributed by atoms with E-state index in [1.54, 1.807) is 11.5 Å². The van der Waals surface area contributed by atoms with E-state index < -0.39 is 0 Å². The number of fused-ring (bicyclic) bond motifs is 1. The normalized spacial score (nSPS) is 17.2. The van der Waals surface area contributed by atoms with E-state index in [2.05, 4.69) is 27.5 Å². The predicted molar refractivity (Wildman–Crippen MR) is 65.7 cm³/mol. The topological polar surface area (TPSA) is 16.1 Å². The monoisotopic (exact) mass is 218 g/mol. The number of hydrogen-bond donors (Lipinski definition) is 0. The van der Waals surface area contributed by atoms with E-state index in [1.807, 2.05) is 6.20 Å². The van der Waals surface area contributed by atoms with Crippen LogP contribution in [0.1, 0.15) is 19.3 Å². The minimum absolute atomic E-state index is 1.20. The largest absolute Gasteiger partial charge is 0.371 e. The quantitative estimate of drug-likeness (QED) is 0.730. The minimum atomic E-state index is 1.20. The predicted octanol–water partition coefficient (Wildman–Crippen LogP) is 3.29. The Labute approximate surface area is 93.7 Å². The van der Waals surface area contributed by atoms with Gasteiger partial charge in [0.1, 0.15) is 0 Å². The molecule has 78 valence electrons. The highest BCUT2D eigenvalue weighted by Crippen LogP contribution is 2.30. The molecule has 0 aliphatic carbocycles. The molecule has 0 spiro atoms. The van der Waals surface area contributed by atoms with Gasteiger partial charge in [-0.2, -0.15) is 4.37 Å². The van der Waals surface area contributed by atoms with Crippen LogP contribution in [0.5, 0.6) is 0 Å². The lowest BCUT2D eigenvalue weighted by Gasteiger charge is -2.29. The van der Waals surface area contributed by atoms with Crippen LogP contribution in [-0.4, -0.2) is 17.5 Å². The molecular weight excluding hydrogens is 204 g/mol. The van der Waals surface area contributed by atoms with Crippen LogP contribution >= 0.6 is 11.5 Å².